The van der Waals surface area contributed by atoms with Crippen LogP contribution in [0.5, 0.6) is 0 Å². The van der Waals surface area contributed by atoms with Gasteiger partial charge >= 0.3 is 0 Å². The number of hydrogen-bond donors (Lipinski definition) is 3. The van der Waals surface area contributed by atoms with E-state index in [1.807, 2.05) is 0 Å². The van der Waals surface area contributed by atoms with Crippen molar-refractivity contribution in [3.63, 3.8) is 0 Å². The maximum Gasteiger partial charge on any atom is 0.255 e. The van der Waals surface area contributed by atoms with Gasteiger partial charge in [0.15, 0.2) is 0 Å². The van der Waals surface area contributed by atoms with Crippen LogP contribution in [0.1, 0.15) is 36.0 Å². The van der Waals surface area contributed by atoms with Gasteiger partial charge in [-0.3, -0.25) is 9.89 Å². The SMILES string of the molecule is NC1CCC(NC(=O)c2cn[nH]c2-c2ccccc2F)CC1. The molecule has 0 atom stereocenters. The summed E-state index contributed by atoms with van der Waals surface area (Å²) in [7, 11) is 0. The summed E-state index contributed by atoms with van der Waals surface area (Å²) in [6.45, 7) is 0. The van der Waals surface area contributed by atoms with Crippen molar-refractivity contribution < 1.29 is 9.18 Å². The Morgan fingerprint density at radius 3 is 2.73 bits per heavy atom. The molecule has 3 rings (SSSR count). The van der Waals surface area contributed by atoms with Gasteiger partial charge in [0.05, 0.1) is 17.5 Å². The predicted molar refractivity (Wildman–Crippen MR) is 81.7 cm³/mol. The Morgan fingerprint density at radius 2 is 2.00 bits per heavy atom. The molecule has 1 fully saturated rings. The molecule has 0 unspecified atom stereocenters. The summed E-state index contributed by atoms with van der Waals surface area (Å²) < 4.78 is 13.9. The number of nitrogens with two attached hydrogens (primary N) is 1. The van der Waals surface area contributed by atoms with Crippen LogP contribution in [0.15, 0.2) is 30.5 Å². The lowest BCUT2D eigenvalue weighted by molar-refractivity contribution is 0.0926. The van der Waals surface area contributed by atoms with Crippen LogP contribution in [-0.4, -0.2) is 28.2 Å². The van der Waals surface area contributed by atoms with Gasteiger partial charge < -0.3 is 11.1 Å². The van der Waals surface area contributed by atoms with Crippen LogP contribution in [0.2, 0.25) is 0 Å². The molecule has 1 heterocycles. The van der Waals surface area contributed by atoms with Crippen molar-refractivity contribution in [2.75, 3.05) is 0 Å². The Labute approximate surface area is 128 Å². The van der Waals surface area contributed by atoms with E-state index in [1.165, 1.54) is 12.3 Å². The zero-order chi connectivity index (χ0) is 15.5. The number of hydrogen-bond acceptors (Lipinski definition) is 3. The highest BCUT2D eigenvalue weighted by Crippen LogP contribution is 2.24. The number of rotatable bonds is 3. The van der Waals surface area contributed by atoms with Crippen molar-refractivity contribution in [3.8, 4) is 11.3 Å². The number of carbonyl (C=O) groups excluding carboxylic acids is 1. The lowest BCUT2D eigenvalue weighted by atomic mass is 9.91. The van der Waals surface area contributed by atoms with Gasteiger partial charge in [-0.25, -0.2) is 4.39 Å². The molecular formula is C16H19FN4O. The quantitative estimate of drug-likeness (QED) is 0.813. The minimum absolute atomic E-state index is 0.121. The Morgan fingerprint density at radius 1 is 1.27 bits per heavy atom. The topological polar surface area (TPSA) is 83.8 Å². The zero-order valence-electron chi connectivity index (χ0n) is 12.2. The Kier molecular flexibility index (Phi) is 4.20. The fourth-order valence-electron chi connectivity index (χ4n) is 2.85. The van der Waals surface area contributed by atoms with Crippen LogP contribution in [0.25, 0.3) is 11.3 Å². The first kappa shape index (κ1) is 14.7. The van der Waals surface area contributed by atoms with Gasteiger partial charge in [-0.1, -0.05) is 12.1 Å². The van der Waals surface area contributed by atoms with Crippen molar-refractivity contribution in [2.45, 2.75) is 37.8 Å². The van der Waals surface area contributed by atoms with E-state index in [-0.39, 0.29) is 23.8 Å². The molecule has 116 valence electrons. The molecule has 0 saturated heterocycles. The maximum absolute atomic E-state index is 13.9. The summed E-state index contributed by atoms with van der Waals surface area (Å²) >= 11 is 0. The van der Waals surface area contributed by atoms with E-state index in [0.717, 1.165) is 25.7 Å². The molecule has 22 heavy (non-hydrogen) atoms. The summed E-state index contributed by atoms with van der Waals surface area (Å²) in [5.41, 5.74) is 6.98. The summed E-state index contributed by atoms with van der Waals surface area (Å²) in [6.07, 6.45) is 5.01. The molecule has 1 saturated carbocycles. The average Bonchev–Trinajstić information content (AvgIpc) is 2.99. The normalized spacial score (nSPS) is 21.5. The van der Waals surface area contributed by atoms with E-state index >= 15 is 0 Å². The number of aromatic nitrogens is 2. The number of halogens is 1. The second-order valence-corrected chi connectivity index (χ2v) is 5.72. The van der Waals surface area contributed by atoms with Crippen molar-refractivity contribution in [3.05, 3.63) is 41.8 Å². The van der Waals surface area contributed by atoms with Crippen LogP contribution in [0.4, 0.5) is 4.39 Å². The number of amides is 1. The van der Waals surface area contributed by atoms with Gasteiger partial charge in [0.1, 0.15) is 5.82 Å². The highest BCUT2D eigenvalue weighted by Gasteiger charge is 2.23. The number of carbonyl (C=O) groups is 1. The van der Waals surface area contributed by atoms with E-state index in [0.29, 0.717) is 16.8 Å². The Balaban J connectivity index is 1.77. The first-order valence-electron chi connectivity index (χ1n) is 7.50. The predicted octanol–water partition coefficient (Wildman–Crippen LogP) is 2.22. The summed E-state index contributed by atoms with van der Waals surface area (Å²) in [6, 6.07) is 6.68. The Hall–Kier alpha value is -2.21. The molecule has 0 radical (unpaired) electrons. The molecule has 1 aliphatic carbocycles. The van der Waals surface area contributed by atoms with Crippen molar-refractivity contribution in [1.82, 2.24) is 15.5 Å². The summed E-state index contributed by atoms with van der Waals surface area (Å²) in [5, 5.41) is 9.61. The van der Waals surface area contributed by atoms with Crippen molar-refractivity contribution in [1.29, 1.82) is 0 Å². The molecule has 5 nitrogen and oxygen atoms in total. The van der Waals surface area contributed by atoms with Gasteiger partial charge in [-0.2, -0.15) is 5.10 Å². The molecule has 4 N–H and O–H groups in total. The van der Waals surface area contributed by atoms with Crippen molar-refractivity contribution >= 4 is 5.91 Å². The molecule has 6 heteroatoms. The lowest BCUT2D eigenvalue weighted by Gasteiger charge is -2.26. The Bertz CT molecular complexity index is 662. The summed E-state index contributed by atoms with van der Waals surface area (Å²) in [5.74, 6) is -0.614. The minimum atomic E-state index is -0.385. The third-order valence-corrected chi connectivity index (χ3v) is 4.13. The van der Waals surface area contributed by atoms with E-state index < -0.39 is 0 Å². The number of nitrogens with zero attached hydrogens (tertiary/aromatic N) is 1. The lowest BCUT2D eigenvalue weighted by Crippen LogP contribution is -2.40. The second kappa shape index (κ2) is 6.27. The third kappa shape index (κ3) is 3.01. The number of benzene rings is 1. The van der Waals surface area contributed by atoms with Crippen LogP contribution in [-0.2, 0) is 0 Å². The van der Waals surface area contributed by atoms with Gasteiger partial charge in [-0.05, 0) is 37.8 Å². The average molecular weight is 302 g/mol. The third-order valence-electron chi connectivity index (χ3n) is 4.13. The number of H-pyrrole nitrogens is 1. The second-order valence-electron chi connectivity index (χ2n) is 5.72. The van der Waals surface area contributed by atoms with Crippen LogP contribution >= 0.6 is 0 Å². The van der Waals surface area contributed by atoms with Crippen LogP contribution in [0, 0.1) is 5.82 Å². The molecule has 0 spiro atoms. The summed E-state index contributed by atoms with van der Waals surface area (Å²) in [4.78, 5) is 12.4. The number of nitrogens with one attached hydrogen (secondary N) is 2. The molecule has 2 aromatic rings. The monoisotopic (exact) mass is 302 g/mol. The van der Waals surface area contributed by atoms with E-state index in [4.69, 9.17) is 5.73 Å². The van der Waals surface area contributed by atoms with Crippen LogP contribution in [0.3, 0.4) is 0 Å². The van der Waals surface area contributed by atoms with Gasteiger partial charge in [0, 0.05) is 17.6 Å². The first-order chi connectivity index (χ1) is 10.6. The molecule has 1 amide bonds. The van der Waals surface area contributed by atoms with Gasteiger partial charge in [0.2, 0.25) is 0 Å². The zero-order valence-corrected chi connectivity index (χ0v) is 12.2. The largest absolute Gasteiger partial charge is 0.349 e. The van der Waals surface area contributed by atoms with Gasteiger partial charge in [-0.15, -0.1) is 0 Å². The van der Waals surface area contributed by atoms with E-state index in [1.54, 1.807) is 18.2 Å². The molecular weight excluding hydrogens is 283 g/mol. The smallest absolute Gasteiger partial charge is 0.255 e. The number of aromatic amines is 1. The standard InChI is InChI=1S/C16H19FN4O/c17-14-4-2-1-3-12(14)15-13(9-19-21-15)16(22)20-11-7-5-10(18)6-8-11/h1-4,9-11H,5-8,18H2,(H,19,21)(H,20,22). The highest BCUT2D eigenvalue weighted by atomic mass is 19.1. The fourth-order valence-corrected chi connectivity index (χ4v) is 2.85. The van der Waals surface area contributed by atoms with Crippen molar-refractivity contribution in [2.24, 2.45) is 5.73 Å². The fraction of sp³-hybridized carbons (Fsp3) is 0.375. The van der Waals surface area contributed by atoms with E-state index in [9.17, 15) is 9.18 Å². The van der Waals surface area contributed by atoms with Crippen LogP contribution < -0.4 is 11.1 Å². The molecule has 1 aromatic heterocycles. The maximum atomic E-state index is 13.9. The molecule has 1 aromatic carbocycles. The molecule has 0 aliphatic heterocycles. The first-order valence-corrected chi connectivity index (χ1v) is 7.50. The molecule has 0 bridgehead atoms. The molecule has 1 aliphatic rings. The minimum Gasteiger partial charge on any atom is -0.349 e. The highest BCUT2D eigenvalue weighted by molar-refractivity contribution is 5.99. The van der Waals surface area contributed by atoms with E-state index in [2.05, 4.69) is 15.5 Å². The van der Waals surface area contributed by atoms with Gasteiger partial charge in [0.25, 0.3) is 5.91 Å².